The van der Waals surface area contributed by atoms with Crippen molar-refractivity contribution in [3.05, 3.63) is 42.0 Å². The Kier molecular flexibility index (Phi) is 3.27. The summed E-state index contributed by atoms with van der Waals surface area (Å²) in [5, 5.41) is 3.51. The molecule has 0 radical (unpaired) electrons. The number of ether oxygens (including phenoxy) is 1. The highest BCUT2D eigenvalue weighted by Gasteiger charge is 1.98. The van der Waals surface area contributed by atoms with E-state index in [1.54, 1.807) is 7.11 Å². The molecular weight excluding hydrogens is 252 g/mol. The topological polar surface area (TPSA) is 9.23 Å². The average Bonchev–Trinajstić information content (AvgIpc) is 2.29. The zero-order chi connectivity index (χ0) is 10.7. The van der Waals surface area contributed by atoms with Gasteiger partial charge in [0.15, 0.2) is 0 Å². The summed E-state index contributed by atoms with van der Waals surface area (Å²) in [6.45, 7) is 0. The van der Waals surface area contributed by atoms with Gasteiger partial charge in [0.25, 0.3) is 0 Å². The first-order chi connectivity index (χ1) is 7.33. The van der Waals surface area contributed by atoms with Crippen LogP contribution in [0.15, 0.2) is 36.4 Å². The van der Waals surface area contributed by atoms with E-state index < -0.39 is 0 Å². The third-order valence-corrected chi connectivity index (χ3v) is 2.89. The van der Waals surface area contributed by atoms with Crippen molar-refractivity contribution in [1.29, 1.82) is 0 Å². The molecule has 2 rings (SSSR count). The van der Waals surface area contributed by atoms with Gasteiger partial charge in [-0.2, -0.15) is 0 Å². The van der Waals surface area contributed by atoms with Crippen molar-refractivity contribution >= 4 is 26.7 Å². The van der Waals surface area contributed by atoms with E-state index in [9.17, 15) is 0 Å². The second kappa shape index (κ2) is 4.67. The van der Waals surface area contributed by atoms with E-state index in [4.69, 9.17) is 4.74 Å². The predicted octanol–water partition coefficient (Wildman–Crippen LogP) is 3.79. The highest BCUT2D eigenvalue weighted by Crippen LogP contribution is 2.22. The maximum Gasteiger partial charge on any atom is 0.119 e. The van der Waals surface area contributed by atoms with Crippen LogP contribution in [-0.2, 0) is 6.42 Å². The van der Waals surface area contributed by atoms with Crippen molar-refractivity contribution in [2.45, 2.75) is 6.42 Å². The molecule has 0 spiro atoms. The molecular formula is C13H13BrO. The summed E-state index contributed by atoms with van der Waals surface area (Å²) in [4.78, 5) is 0. The Balaban J connectivity index is 2.45. The number of hydrogen-bond donors (Lipinski definition) is 0. The predicted molar refractivity (Wildman–Crippen MR) is 68.0 cm³/mol. The fourth-order valence-electron chi connectivity index (χ4n) is 1.66. The SMILES string of the molecule is COc1ccc2cc(CCBr)ccc2c1. The molecule has 0 aromatic heterocycles. The summed E-state index contributed by atoms with van der Waals surface area (Å²) in [7, 11) is 1.69. The zero-order valence-electron chi connectivity index (χ0n) is 8.66. The van der Waals surface area contributed by atoms with Crippen LogP contribution in [0.1, 0.15) is 5.56 Å². The molecule has 0 saturated heterocycles. The van der Waals surface area contributed by atoms with Crippen LogP contribution in [0.5, 0.6) is 5.75 Å². The van der Waals surface area contributed by atoms with Gasteiger partial charge in [0.2, 0.25) is 0 Å². The van der Waals surface area contributed by atoms with Gasteiger partial charge in [-0.1, -0.05) is 40.2 Å². The number of methoxy groups -OCH3 is 1. The summed E-state index contributed by atoms with van der Waals surface area (Å²) in [6.07, 6.45) is 1.07. The Labute approximate surface area is 98.2 Å². The molecule has 0 aliphatic heterocycles. The number of rotatable bonds is 3. The number of hydrogen-bond acceptors (Lipinski definition) is 1. The molecule has 0 saturated carbocycles. The minimum absolute atomic E-state index is 0.913. The molecule has 1 nitrogen and oxygen atoms in total. The largest absolute Gasteiger partial charge is 0.497 e. The van der Waals surface area contributed by atoms with Crippen LogP contribution in [0.4, 0.5) is 0 Å². The molecule has 0 unspecified atom stereocenters. The minimum Gasteiger partial charge on any atom is -0.497 e. The van der Waals surface area contributed by atoms with Crippen molar-refractivity contribution < 1.29 is 4.74 Å². The minimum atomic E-state index is 0.913. The smallest absolute Gasteiger partial charge is 0.119 e. The first-order valence-electron chi connectivity index (χ1n) is 4.96. The fourth-order valence-corrected chi connectivity index (χ4v) is 2.12. The monoisotopic (exact) mass is 264 g/mol. The molecule has 2 aromatic rings. The van der Waals surface area contributed by atoms with E-state index in [0.717, 1.165) is 17.5 Å². The maximum atomic E-state index is 5.19. The van der Waals surface area contributed by atoms with Gasteiger partial charge in [0, 0.05) is 5.33 Å². The Hall–Kier alpha value is -1.02. The van der Waals surface area contributed by atoms with E-state index in [-0.39, 0.29) is 0 Å². The van der Waals surface area contributed by atoms with Gasteiger partial charge in [0.1, 0.15) is 5.75 Å². The summed E-state index contributed by atoms with van der Waals surface area (Å²) in [6, 6.07) is 12.7. The molecule has 0 amide bonds. The molecule has 15 heavy (non-hydrogen) atoms. The molecule has 0 aliphatic rings. The van der Waals surface area contributed by atoms with Crippen LogP contribution in [0, 0.1) is 0 Å². The Morgan fingerprint density at radius 2 is 1.80 bits per heavy atom. The maximum absolute atomic E-state index is 5.19. The van der Waals surface area contributed by atoms with Gasteiger partial charge in [-0.15, -0.1) is 0 Å². The molecule has 0 fully saturated rings. The number of aryl methyl sites for hydroxylation is 1. The van der Waals surface area contributed by atoms with Gasteiger partial charge < -0.3 is 4.74 Å². The molecule has 0 aliphatic carbocycles. The van der Waals surface area contributed by atoms with Gasteiger partial charge in [-0.25, -0.2) is 0 Å². The second-order valence-corrected chi connectivity index (χ2v) is 4.28. The lowest BCUT2D eigenvalue weighted by molar-refractivity contribution is 0.415. The first kappa shape index (κ1) is 10.5. The lowest BCUT2D eigenvalue weighted by Crippen LogP contribution is -1.86. The Morgan fingerprint density at radius 3 is 2.53 bits per heavy atom. The molecule has 78 valence electrons. The van der Waals surface area contributed by atoms with Crippen LogP contribution in [0.2, 0.25) is 0 Å². The van der Waals surface area contributed by atoms with Gasteiger partial charge in [-0.3, -0.25) is 0 Å². The van der Waals surface area contributed by atoms with Gasteiger partial charge >= 0.3 is 0 Å². The van der Waals surface area contributed by atoms with Gasteiger partial charge in [0.05, 0.1) is 7.11 Å². The van der Waals surface area contributed by atoms with E-state index in [0.29, 0.717) is 0 Å². The summed E-state index contributed by atoms with van der Waals surface area (Å²) in [5.41, 5.74) is 1.37. The van der Waals surface area contributed by atoms with Crippen LogP contribution < -0.4 is 4.74 Å². The quantitative estimate of drug-likeness (QED) is 0.767. The third-order valence-electron chi connectivity index (χ3n) is 2.49. The molecule has 0 heterocycles. The highest BCUT2D eigenvalue weighted by atomic mass is 79.9. The summed E-state index contributed by atoms with van der Waals surface area (Å²) >= 11 is 3.45. The van der Waals surface area contributed by atoms with Crippen molar-refractivity contribution in [3.8, 4) is 5.75 Å². The summed E-state index contributed by atoms with van der Waals surface area (Å²) in [5.74, 6) is 0.913. The number of fused-ring (bicyclic) bond motifs is 1. The van der Waals surface area contributed by atoms with Crippen molar-refractivity contribution in [1.82, 2.24) is 0 Å². The van der Waals surface area contributed by atoms with Crippen LogP contribution in [0.3, 0.4) is 0 Å². The zero-order valence-corrected chi connectivity index (χ0v) is 10.3. The molecule has 2 aromatic carbocycles. The number of alkyl halides is 1. The van der Waals surface area contributed by atoms with Crippen LogP contribution >= 0.6 is 15.9 Å². The second-order valence-electron chi connectivity index (χ2n) is 3.49. The summed E-state index contributed by atoms with van der Waals surface area (Å²) < 4.78 is 5.19. The van der Waals surface area contributed by atoms with Crippen LogP contribution in [-0.4, -0.2) is 12.4 Å². The molecule has 0 N–H and O–H groups in total. The van der Waals surface area contributed by atoms with Crippen molar-refractivity contribution in [2.24, 2.45) is 0 Å². The van der Waals surface area contributed by atoms with Crippen molar-refractivity contribution in [3.63, 3.8) is 0 Å². The third kappa shape index (κ3) is 2.32. The Bertz CT molecular complexity index is 465. The highest BCUT2D eigenvalue weighted by molar-refractivity contribution is 9.09. The van der Waals surface area contributed by atoms with E-state index in [1.807, 2.05) is 6.07 Å². The number of halogens is 1. The Morgan fingerprint density at radius 1 is 1.07 bits per heavy atom. The lowest BCUT2D eigenvalue weighted by Gasteiger charge is -2.04. The molecule has 0 atom stereocenters. The number of benzene rings is 2. The molecule has 2 heteroatoms. The van der Waals surface area contributed by atoms with Crippen molar-refractivity contribution in [2.75, 3.05) is 12.4 Å². The average molecular weight is 265 g/mol. The molecule has 0 bridgehead atoms. The lowest BCUT2D eigenvalue weighted by atomic mass is 10.1. The van der Waals surface area contributed by atoms with E-state index in [1.165, 1.54) is 16.3 Å². The van der Waals surface area contributed by atoms with Crippen LogP contribution in [0.25, 0.3) is 10.8 Å². The van der Waals surface area contributed by atoms with E-state index in [2.05, 4.69) is 46.3 Å². The van der Waals surface area contributed by atoms with E-state index >= 15 is 0 Å². The normalized spacial score (nSPS) is 10.5. The fraction of sp³-hybridized carbons (Fsp3) is 0.231. The standard InChI is InChI=1S/C13H13BrO/c1-15-13-5-4-11-8-10(6-7-14)2-3-12(11)9-13/h2-5,8-9H,6-7H2,1H3. The van der Waals surface area contributed by atoms with Gasteiger partial charge in [-0.05, 0) is 34.9 Å². The first-order valence-corrected chi connectivity index (χ1v) is 6.08.